The van der Waals surface area contributed by atoms with Crippen molar-refractivity contribution in [3.05, 3.63) is 65.2 Å². The van der Waals surface area contributed by atoms with Crippen LogP contribution in [0.25, 0.3) is 0 Å². The first kappa shape index (κ1) is 11.0. The number of nitrogens with one attached hydrogen (secondary N) is 1. The molecule has 0 spiro atoms. The van der Waals surface area contributed by atoms with Crippen LogP contribution in [0.1, 0.15) is 33.8 Å². The van der Waals surface area contributed by atoms with E-state index < -0.39 is 0 Å². The third kappa shape index (κ3) is 1.90. The predicted octanol–water partition coefficient (Wildman–Crippen LogP) is 3.45. The molecule has 1 N–H and O–H groups in total. The van der Waals surface area contributed by atoms with Gasteiger partial charge in [-0.1, -0.05) is 36.4 Å². The Bertz CT molecular complexity index is 577. The number of carbonyl (C=O) groups excluding carboxylic acids is 1. The Kier molecular flexibility index (Phi) is 2.85. The first-order valence-electron chi connectivity index (χ1n) is 6.26. The Hall–Kier alpha value is -2.09. The topological polar surface area (TPSA) is 29.1 Å². The molecule has 0 amide bonds. The second-order valence-electron chi connectivity index (χ2n) is 4.64. The van der Waals surface area contributed by atoms with Crippen molar-refractivity contribution in [3.8, 4) is 0 Å². The normalized spacial score (nSPS) is 17.7. The van der Waals surface area contributed by atoms with Gasteiger partial charge < -0.3 is 5.32 Å². The molecule has 0 bridgehead atoms. The molecule has 0 fully saturated rings. The summed E-state index contributed by atoms with van der Waals surface area (Å²) in [6, 6.07) is 16.3. The third-order valence-corrected chi connectivity index (χ3v) is 3.53. The summed E-state index contributed by atoms with van der Waals surface area (Å²) in [5.74, 6) is 0.391. The lowest BCUT2D eigenvalue weighted by atomic mass is 9.85. The maximum atomic E-state index is 10.9. The van der Waals surface area contributed by atoms with E-state index in [0.717, 1.165) is 24.8 Å². The molecule has 2 heteroatoms. The smallest absolute Gasteiger partial charge is 0.150 e. The van der Waals surface area contributed by atoms with E-state index in [2.05, 4.69) is 35.6 Å². The molecular formula is C16H15NO. The van der Waals surface area contributed by atoms with Crippen molar-refractivity contribution in [1.29, 1.82) is 0 Å². The molecule has 2 aromatic rings. The predicted molar refractivity (Wildman–Crippen MR) is 73.2 cm³/mol. The summed E-state index contributed by atoms with van der Waals surface area (Å²) in [5.41, 5.74) is 4.52. The number of fused-ring (bicyclic) bond motifs is 1. The van der Waals surface area contributed by atoms with E-state index >= 15 is 0 Å². The van der Waals surface area contributed by atoms with E-state index in [9.17, 15) is 4.79 Å². The Morgan fingerprint density at radius 3 is 2.89 bits per heavy atom. The van der Waals surface area contributed by atoms with E-state index in [1.54, 1.807) is 0 Å². The van der Waals surface area contributed by atoms with Gasteiger partial charge in [0.25, 0.3) is 0 Å². The van der Waals surface area contributed by atoms with Gasteiger partial charge in [-0.3, -0.25) is 4.79 Å². The average Bonchev–Trinajstić information content (AvgIpc) is 2.47. The van der Waals surface area contributed by atoms with Crippen LogP contribution in [0.4, 0.5) is 5.69 Å². The number of benzene rings is 2. The quantitative estimate of drug-likeness (QED) is 0.810. The van der Waals surface area contributed by atoms with E-state index in [0.29, 0.717) is 5.92 Å². The highest BCUT2D eigenvalue weighted by Crippen LogP contribution is 2.36. The van der Waals surface area contributed by atoms with Crippen LogP contribution in [0.3, 0.4) is 0 Å². The maximum absolute atomic E-state index is 10.9. The first-order chi connectivity index (χ1) is 8.88. The summed E-state index contributed by atoms with van der Waals surface area (Å²) in [5, 5.41) is 3.42. The fourth-order valence-electron chi connectivity index (χ4n) is 2.66. The second-order valence-corrected chi connectivity index (χ2v) is 4.64. The van der Waals surface area contributed by atoms with Gasteiger partial charge in [0.2, 0.25) is 0 Å². The number of aldehydes is 1. The number of rotatable bonds is 2. The number of hydrogen-bond acceptors (Lipinski definition) is 2. The van der Waals surface area contributed by atoms with Crippen LogP contribution in [-0.2, 0) is 0 Å². The van der Waals surface area contributed by atoms with Crippen molar-refractivity contribution in [3.63, 3.8) is 0 Å². The molecule has 1 aliphatic rings. The van der Waals surface area contributed by atoms with Crippen molar-refractivity contribution >= 4 is 12.0 Å². The van der Waals surface area contributed by atoms with Gasteiger partial charge in [0.05, 0.1) is 0 Å². The number of carbonyl (C=O) groups is 1. The van der Waals surface area contributed by atoms with Gasteiger partial charge in [-0.25, -0.2) is 0 Å². The van der Waals surface area contributed by atoms with Gasteiger partial charge in [-0.2, -0.15) is 0 Å². The van der Waals surface area contributed by atoms with E-state index in [1.165, 1.54) is 16.8 Å². The Balaban J connectivity index is 2.05. The minimum atomic E-state index is 0.391. The maximum Gasteiger partial charge on any atom is 0.150 e. The molecule has 1 aliphatic heterocycles. The molecule has 0 saturated carbocycles. The summed E-state index contributed by atoms with van der Waals surface area (Å²) in [6.45, 7) is 0.979. The minimum absolute atomic E-state index is 0.391. The van der Waals surface area contributed by atoms with Gasteiger partial charge >= 0.3 is 0 Å². The molecule has 18 heavy (non-hydrogen) atoms. The molecular weight excluding hydrogens is 222 g/mol. The zero-order chi connectivity index (χ0) is 12.4. The van der Waals surface area contributed by atoms with Crippen LogP contribution in [0.2, 0.25) is 0 Å². The lowest BCUT2D eigenvalue weighted by Crippen LogP contribution is -2.17. The lowest BCUT2D eigenvalue weighted by Gasteiger charge is -2.27. The summed E-state index contributed by atoms with van der Waals surface area (Å²) in [4.78, 5) is 10.9. The molecule has 0 radical (unpaired) electrons. The van der Waals surface area contributed by atoms with E-state index in [4.69, 9.17) is 0 Å². The highest BCUT2D eigenvalue weighted by atomic mass is 16.1. The summed E-state index contributed by atoms with van der Waals surface area (Å²) >= 11 is 0. The van der Waals surface area contributed by atoms with Crippen LogP contribution in [0.15, 0.2) is 48.5 Å². The summed E-state index contributed by atoms with van der Waals surface area (Å²) in [6.07, 6.45) is 1.98. The zero-order valence-corrected chi connectivity index (χ0v) is 10.1. The van der Waals surface area contributed by atoms with Crippen molar-refractivity contribution in [2.24, 2.45) is 0 Å². The fraction of sp³-hybridized carbons (Fsp3) is 0.188. The van der Waals surface area contributed by atoms with Crippen molar-refractivity contribution in [2.45, 2.75) is 12.3 Å². The Morgan fingerprint density at radius 1 is 1.11 bits per heavy atom. The molecule has 1 atom stereocenters. The minimum Gasteiger partial charge on any atom is -0.385 e. The van der Waals surface area contributed by atoms with Crippen molar-refractivity contribution in [2.75, 3.05) is 11.9 Å². The Morgan fingerprint density at radius 2 is 2.00 bits per heavy atom. The van der Waals surface area contributed by atoms with Crippen LogP contribution in [0, 0.1) is 0 Å². The van der Waals surface area contributed by atoms with Crippen molar-refractivity contribution < 1.29 is 4.79 Å². The SMILES string of the molecule is O=Cc1cccc(C2CCNc3ccccc32)c1. The first-order valence-corrected chi connectivity index (χ1v) is 6.26. The molecule has 1 heterocycles. The standard InChI is InChI=1S/C16H15NO/c18-11-12-4-3-5-13(10-12)14-8-9-17-16-7-2-1-6-15(14)16/h1-7,10-11,14,17H,8-9H2. The van der Waals surface area contributed by atoms with Crippen LogP contribution < -0.4 is 5.32 Å². The summed E-state index contributed by atoms with van der Waals surface area (Å²) < 4.78 is 0. The highest BCUT2D eigenvalue weighted by Gasteiger charge is 2.21. The van der Waals surface area contributed by atoms with E-state index in [-0.39, 0.29) is 0 Å². The van der Waals surface area contributed by atoms with Gasteiger partial charge in [0, 0.05) is 23.7 Å². The third-order valence-electron chi connectivity index (χ3n) is 3.53. The van der Waals surface area contributed by atoms with Gasteiger partial charge in [-0.15, -0.1) is 0 Å². The molecule has 90 valence electrons. The highest BCUT2D eigenvalue weighted by molar-refractivity contribution is 5.75. The molecule has 2 nitrogen and oxygen atoms in total. The molecule has 0 aliphatic carbocycles. The fourth-order valence-corrected chi connectivity index (χ4v) is 2.66. The number of anilines is 1. The second kappa shape index (κ2) is 4.65. The monoisotopic (exact) mass is 237 g/mol. The van der Waals surface area contributed by atoms with Gasteiger partial charge in [-0.05, 0) is 29.7 Å². The van der Waals surface area contributed by atoms with Crippen LogP contribution in [0.5, 0.6) is 0 Å². The molecule has 0 saturated heterocycles. The molecule has 0 aromatic heterocycles. The molecule has 1 unspecified atom stereocenters. The number of para-hydroxylation sites is 1. The average molecular weight is 237 g/mol. The van der Waals surface area contributed by atoms with Crippen LogP contribution in [-0.4, -0.2) is 12.8 Å². The molecule has 2 aromatic carbocycles. The zero-order valence-electron chi connectivity index (χ0n) is 10.1. The van der Waals surface area contributed by atoms with Gasteiger partial charge in [0.1, 0.15) is 6.29 Å². The number of hydrogen-bond donors (Lipinski definition) is 1. The lowest BCUT2D eigenvalue weighted by molar-refractivity contribution is 0.112. The molecule has 3 rings (SSSR count). The largest absolute Gasteiger partial charge is 0.385 e. The van der Waals surface area contributed by atoms with Crippen LogP contribution >= 0.6 is 0 Å². The van der Waals surface area contributed by atoms with Gasteiger partial charge in [0.15, 0.2) is 0 Å². The summed E-state index contributed by atoms with van der Waals surface area (Å²) in [7, 11) is 0. The van der Waals surface area contributed by atoms with E-state index in [1.807, 2.05) is 18.2 Å². The Labute approximate surface area is 107 Å². The van der Waals surface area contributed by atoms with Crippen molar-refractivity contribution in [1.82, 2.24) is 0 Å².